The van der Waals surface area contributed by atoms with Crippen LogP contribution in [0.25, 0.3) is 0 Å². The molecule has 3 aromatic rings. The summed E-state index contributed by atoms with van der Waals surface area (Å²) in [5.41, 5.74) is 8.36. The Morgan fingerprint density at radius 3 is 1.44 bits per heavy atom. The van der Waals surface area contributed by atoms with Crippen molar-refractivity contribution in [1.82, 2.24) is 19.6 Å². The third-order valence-corrected chi connectivity index (χ3v) is 9.73. The maximum atomic E-state index is 13.3. The van der Waals surface area contributed by atoms with Gasteiger partial charge in [-0.15, -0.1) is 0 Å². The van der Waals surface area contributed by atoms with E-state index in [0.29, 0.717) is 45.6 Å². The zero-order chi connectivity index (χ0) is 23.9. The molecule has 4 aliphatic rings. The molecule has 1 aromatic carbocycles. The number of carbonyl (C=O) groups excluding carboxylic acids is 2. The van der Waals surface area contributed by atoms with Crippen LogP contribution in [0.1, 0.15) is 94.1 Å². The summed E-state index contributed by atoms with van der Waals surface area (Å²) in [6.07, 6.45) is 1.83. The molecular weight excluding hydrogens is 424 g/mol. The van der Waals surface area contributed by atoms with E-state index in [-0.39, 0.29) is 11.8 Å². The first-order valence-electron chi connectivity index (χ1n) is 12.4. The van der Waals surface area contributed by atoms with Gasteiger partial charge in [0, 0.05) is 22.3 Å². The van der Waals surface area contributed by atoms with Gasteiger partial charge in [0.05, 0.1) is 22.8 Å². The van der Waals surface area contributed by atoms with Gasteiger partial charge in [-0.05, 0) is 85.5 Å². The quantitative estimate of drug-likeness (QED) is 0.565. The smallest absolute Gasteiger partial charge is 0.267 e. The fourth-order valence-corrected chi connectivity index (χ4v) is 7.53. The molecule has 0 bridgehead atoms. The van der Waals surface area contributed by atoms with Crippen molar-refractivity contribution >= 4 is 11.8 Å². The summed E-state index contributed by atoms with van der Waals surface area (Å²) in [5, 5.41) is 9.21. The molecule has 7 rings (SSSR count). The van der Waals surface area contributed by atoms with Gasteiger partial charge in [0.15, 0.2) is 0 Å². The summed E-state index contributed by atoms with van der Waals surface area (Å²) in [7, 11) is 0. The molecule has 0 N–H and O–H groups in total. The van der Waals surface area contributed by atoms with E-state index in [2.05, 4.69) is 37.9 Å². The largest absolute Gasteiger partial charge is 0.278 e. The molecule has 0 spiro atoms. The molecule has 2 saturated carbocycles. The maximum absolute atomic E-state index is 13.3. The average Bonchev–Trinajstić information content (AvgIpc) is 3.28. The normalized spacial score (nSPS) is 28.2. The number of aryl methyl sites for hydroxylation is 2. The highest BCUT2D eigenvalue weighted by molar-refractivity contribution is 5.99. The first-order chi connectivity index (χ1) is 16.0. The second-order valence-electron chi connectivity index (χ2n) is 12.1. The van der Waals surface area contributed by atoms with Crippen molar-refractivity contribution in [2.75, 3.05) is 0 Å². The molecule has 0 saturated heterocycles. The topological polar surface area (TPSA) is 69.8 Å². The van der Waals surface area contributed by atoms with E-state index >= 15 is 0 Å². The zero-order valence-corrected chi connectivity index (χ0v) is 20.6. The van der Waals surface area contributed by atoms with Crippen LogP contribution in [0, 0.1) is 36.5 Å². The lowest BCUT2D eigenvalue weighted by Crippen LogP contribution is -2.19. The SMILES string of the molecule is Cc1nn(C(=O)c2ccc(C(=O)n3nc(C)c4c3C[C@@H]3[C@H]4C3(C)C)cc2)c2c1[C@H]1[C@@H](C2)C1(C)C. The van der Waals surface area contributed by atoms with E-state index in [9.17, 15) is 9.59 Å². The lowest BCUT2D eigenvalue weighted by atomic mass is 9.98. The summed E-state index contributed by atoms with van der Waals surface area (Å²) >= 11 is 0. The van der Waals surface area contributed by atoms with Crippen LogP contribution in [0.3, 0.4) is 0 Å². The summed E-state index contributed by atoms with van der Waals surface area (Å²) in [4.78, 5) is 26.6. The third kappa shape index (κ3) is 2.32. The molecule has 2 heterocycles. The van der Waals surface area contributed by atoms with Crippen LogP contribution in [0.4, 0.5) is 0 Å². The summed E-state index contributed by atoms with van der Waals surface area (Å²) in [5.74, 6) is 2.05. The molecule has 4 atom stereocenters. The minimum absolute atomic E-state index is 0.124. The van der Waals surface area contributed by atoms with Gasteiger partial charge in [0.2, 0.25) is 0 Å². The van der Waals surface area contributed by atoms with Crippen LogP contribution in [0.2, 0.25) is 0 Å². The van der Waals surface area contributed by atoms with Crippen molar-refractivity contribution in [3.63, 3.8) is 0 Å². The first kappa shape index (κ1) is 20.4. The van der Waals surface area contributed by atoms with Crippen molar-refractivity contribution in [3.05, 3.63) is 69.3 Å². The van der Waals surface area contributed by atoms with Crippen LogP contribution in [-0.2, 0) is 12.8 Å². The zero-order valence-electron chi connectivity index (χ0n) is 20.6. The minimum Gasteiger partial charge on any atom is -0.267 e. The Bertz CT molecular complexity index is 1330. The highest BCUT2D eigenvalue weighted by Crippen LogP contribution is 2.71. The van der Waals surface area contributed by atoms with E-state index in [4.69, 9.17) is 0 Å². The molecule has 174 valence electrons. The number of aromatic nitrogens is 4. The number of benzene rings is 1. The van der Waals surface area contributed by atoms with Gasteiger partial charge < -0.3 is 0 Å². The summed E-state index contributed by atoms with van der Waals surface area (Å²) in [6, 6.07) is 6.98. The van der Waals surface area contributed by atoms with Gasteiger partial charge in [0.25, 0.3) is 11.8 Å². The summed E-state index contributed by atoms with van der Waals surface area (Å²) in [6.45, 7) is 13.2. The van der Waals surface area contributed by atoms with Gasteiger partial charge in [-0.25, -0.2) is 9.36 Å². The number of hydrogen-bond donors (Lipinski definition) is 0. The lowest BCUT2D eigenvalue weighted by molar-refractivity contribution is 0.0929. The number of fused-ring (bicyclic) bond motifs is 6. The average molecular weight is 455 g/mol. The third-order valence-electron chi connectivity index (χ3n) is 9.73. The van der Waals surface area contributed by atoms with Gasteiger partial charge in [0.1, 0.15) is 0 Å². The van der Waals surface area contributed by atoms with E-state index in [1.54, 1.807) is 33.6 Å². The van der Waals surface area contributed by atoms with E-state index in [0.717, 1.165) is 35.6 Å². The fraction of sp³-hybridized carbons (Fsp3) is 0.500. The molecule has 0 amide bonds. The Morgan fingerprint density at radius 2 is 1.09 bits per heavy atom. The number of nitrogens with zero attached hydrogens (tertiary/aromatic N) is 4. The highest BCUT2D eigenvalue weighted by atomic mass is 16.2. The van der Waals surface area contributed by atoms with Crippen molar-refractivity contribution in [2.24, 2.45) is 22.7 Å². The molecule has 0 radical (unpaired) electrons. The molecule has 6 nitrogen and oxygen atoms in total. The second kappa shape index (κ2) is 5.96. The molecule has 0 unspecified atom stereocenters. The van der Waals surface area contributed by atoms with Crippen LogP contribution in [0.15, 0.2) is 24.3 Å². The minimum atomic E-state index is -0.124. The van der Waals surface area contributed by atoms with E-state index in [1.165, 1.54) is 11.1 Å². The lowest BCUT2D eigenvalue weighted by Gasteiger charge is -2.11. The Labute approximate surface area is 199 Å². The van der Waals surface area contributed by atoms with Crippen molar-refractivity contribution < 1.29 is 9.59 Å². The van der Waals surface area contributed by atoms with E-state index < -0.39 is 0 Å². The highest BCUT2D eigenvalue weighted by Gasteiger charge is 2.65. The van der Waals surface area contributed by atoms with Crippen LogP contribution >= 0.6 is 0 Å². The van der Waals surface area contributed by atoms with Gasteiger partial charge in [-0.1, -0.05) is 27.7 Å². The molecule has 34 heavy (non-hydrogen) atoms. The molecular formula is C28H30N4O2. The number of rotatable bonds is 2. The van der Waals surface area contributed by atoms with Crippen LogP contribution < -0.4 is 0 Å². The fourth-order valence-electron chi connectivity index (χ4n) is 7.53. The molecule has 0 aliphatic heterocycles. The van der Waals surface area contributed by atoms with Crippen LogP contribution in [0.5, 0.6) is 0 Å². The standard InChI is InChI=1S/C28H30N4O2/c1-13-21-19(11-17-23(21)27(17,3)4)31(29-13)25(33)15-7-9-16(10-8-15)26(34)32-20-12-18-24(28(18,5)6)22(20)14(2)30-32/h7-10,17-18,23-24H,11-12H2,1-6H3/t17-,18-,23-,24-/m1/s1. The maximum Gasteiger partial charge on any atom is 0.278 e. The second-order valence-corrected chi connectivity index (χ2v) is 12.1. The first-order valence-corrected chi connectivity index (χ1v) is 12.4. The van der Waals surface area contributed by atoms with E-state index in [1.807, 2.05) is 13.8 Å². The van der Waals surface area contributed by atoms with Crippen molar-refractivity contribution in [2.45, 2.75) is 66.2 Å². The predicted molar refractivity (Wildman–Crippen MR) is 127 cm³/mol. The van der Waals surface area contributed by atoms with Crippen molar-refractivity contribution in [3.8, 4) is 0 Å². The Hall–Kier alpha value is -3.02. The Morgan fingerprint density at radius 1 is 0.735 bits per heavy atom. The monoisotopic (exact) mass is 454 g/mol. The van der Waals surface area contributed by atoms with Gasteiger partial charge in [-0.3, -0.25) is 9.59 Å². The molecule has 6 heteroatoms. The number of hydrogen-bond acceptors (Lipinski definition) is 4. The molecule has 4 aliphatic carbocycles. The van der Waals surface area contributed by atoms with Gasteiger partial charge >= 0.3 is 0 Å². The van der Waals surface area contributed by atoms with Gasteiger partial charge in [-0.2, -0.15) is 10.2 Å². The Balaban J connectivity index is 1.16. The Kier molecular flexibility index (Phi) is 3.57. The molecule has 2 aromatic heterocycles. The molecule has 2 fully saturated rings. The number of carbonyl (C=O) groups is 2. The van der Waals surface area contributed by atoms with Crippen molar-refractivity contribution in [1.29, 1.82) is 0 Å². The van der Waals surface area contributed by atoms with Crippen LogP contribution in [-0.4, -0.2) is 31.4 Å². The summed E-state index contributed by atoms with van der Waals surface area (Å²) < 4.78 is 3.20. The predicted octanol–water partition coefficient (Wildman–Crippen LogP) is 4.66.